The van der Waals surface area contributed by atoms with E-state index in [1.165, 1.54) is 17.7 Å². The van der Waals surface area contributed by atoms with Gasteiger partial charge in [0.15, 0.2) is 0 Å². The first-order chi connectivity index (χ1) is 15.9. The largest absolute Gasteiger partial charge is 0.388 e. The molecule has 166 valence electrons. The Morgan fingerprint density at radius 1 is 1.00 bits per heavy atom. The average Bonchev–Trinajstić information content (AvgIpc) is 3.22. The maximum Gasteiger partial charge on any atom is 0.123 e. The van der Waals surface area contributed by atoms with Crippen molar-refractivity contribution in [2.45, 2.75) is 32.8 Å². The van der Waals surface area contributed by atoms with Gasteiger partial charge in [0.05, 0.1) is 23.7 Å². The predicted octanol–water partition coefficient (Wildman–Crippen LogP) is 6.77. The maximum atomic E-state index is 13.4. The van der Waals surface area contributed by atoms with Crippen molar-refractivity contribution in [3.05, 3.63) is 113 Å². The topological polar surface area (TPSA) is 38.0 Å². The first kappa shape index (κ1) is 21.4. The molecule has 0 saturated heterocycles. The molecule has 0 fully saturated rings. The molecule has 1 aromatic heterocycles. The third-order valence-corrected chi connectivity index (χ3v) is 6.89. The van der Waals surface area contributed by atoms with Crippen LogP contribution in [-0.4, -0.2) is 14.9 Å². The minimum Gasteiger partial charge on any atom is -0.388 e. The quantitative estimate of drug-likeness (QED) is 0.373. The number of benzene rings is 3. The average molecular weight is 439 g/mol. The Morgan fingerprint density at radius 2 is 1.70 bits per heavy atom. The molecule has 4 heteroatoms. The van der Waals surface area contributed by atoms with Crippen LogP contribution in [0.2, 0.25) is 0 Å². The molecule has 1 unspecified atom stereocenters. The number of hydrogen-bond acceptors (Lipinski definition) is 2. The summed E-state index contributed by atoms with van der Waals surface area (Å²) in [5.41, 5.74) is 7.12. The van der Waals surface area contributed by atoms with Gasteiger partial charge in [0.2, 0.25) is 0 Å². The van der Waals surface area contributed by atoms with E-state index in [2.05, 4.69) is 43.2 Å². The molecule has 2 atom stereocenters. The molecule has 33 heavy (non-hydrogen) atoms. The summed E-state index contributed by atoms with van der Waals surface area (Å²) in [5.74, 6) is -0.260. The van der Waals surface area contributed by atoms with Gasteiger partial charge >= 0.3 is 0 Å². The second kappa shape index (κ2) is 8.45. The van der Waals surface area contributed by atoms with Gasteiger partial charge in [0.1, 0.15) is 5.82 Å². The fourth-order valence-corrected chi connectivity index (χ4v) is 4.85. The molecule has 0 spiro atoms. The highest BCUT2D eigenvalue weighted by molar-refractivity contribution is 5.68. The van der Waals surface area contributed by atoms with E-state index in [1.807, 2.05) is 47.3 Å². The van der Waals surface area contributed by atoms with Crippen LogP contribution in [0.3, 0.4) is 0 Å². The number of hydrogen-bond donors (Lipinski definition) is 1. The van der Waals surface area contributed by atoms with Gasteiger partial charge in [-0.2, -0.15) is 5.10 Å². The molecule has 5 rings (SSSR count). The molecule has 4 aromatic rings. The van der Waals surface area contributed by atoms with Gasteiger partial charge in [-0.05, 0) is 77.8 Å². The number of nitrogens with zero attached hydrogens (tertiary/aromatic N) is 2. The first-order valence-corrected chi connectivity index (χ1v) is 11.3. The minimum atomic E-state index is -0.594. The van der Waals surface area contributed by atoms with Crippen LogP contribution in [0.4, 0.5) is 4.39 Å². The fraction of sp³-hybridized carbons (Fsp3) is 0.207. The van der Waals surface area contributed by atoms with E-state index in [1.54, 1.807) is 12.1 Å². The van der Waals surface area contributed by atoms with Crippen molar-refractivity contribution in [1.29, 1.82) is 0 Å². The number of fused-ring (bicyclic) bond motifs is 1. The molecular formula is C29H27FN2O. The van der Waals surface area contributed by atoms with Crippen LogP contribution < -0.4 is 0 Å². The summed E-state index contributed by atoms with van der Waals surface area (Å²) in [5, 5.41) is 15.9. The summed E-state index contributed by atoms with van der Waals surface area (Å²) in [6.45, 7) is 4.34. The lowest BCUT2D eigenvalue weighted by molar-refractivity contribution is 0.121. The lowest BCUT2D eigenvalue weighted by Gasteiger charge is -2.36. The van der Waals surface area contributed by atoms with Crippen LogP contribution in [0.15, 0.2) is 90.6 Å². The van der Waals surface area contributed by atoms with Crippen molar-refractivity contribution in [2.75, 3.05) is 0 Å². The molecule has 3 nitrogen and oxygen atoms in total. The van der Waals surface area contributed by atoms with Crippen molar-refractivity contribution < 1.29 is 9.50 Å². The summed E-state index contributed by atoms with van der Waals surface area (Å²) < 4.78 is 15.2. The molecule has 0 bridgehead atoms. The van der Waals surface area contributed by atoms with E-state index in [0.29, 0.717) is 6.42 Å². The number of aliphatic hydroxyl groups is 1. The summed E-state index contributed by atoms with van der Waals surface area (Å²) in [6, 6.07) is 24.7. The van der Waals surface area contributed by atoms with Crippen molar-refractivity contribution in [1.82, 2.24) is 9.78 Å². The van der Waals surface area contributed by atoms with Gasteiger partial charge in [-0.15, -0.1) is 0 Å². The van der Waals surface area contributed by atoms with E-state index >= 15 is 0 Å². The van der Waals surface area contributed by atoms with Crippen LogP contribution >= 0.6 is 0 Å². The van der Waals surface area contributed by atoms with Crippen LogP contribution in [0.1, 0.15) is 43.2 Å². The van der Waals surface area contributed by atoms with Crippen molar-refractivity contribution >= 4 is 6.08 Å². The maximum absolute atomic E-state index is 13.4. The van der Waals surface area contributed by atoms with E-state index < -0.39 is 6.10 Å². The standard InChI is InChI=1S/C29H27FN2O/c1-20-16-27-22(19-31-32(27)24-14-12-23(30)13-15-24)17-29(20,2)18-28(33)26-11-7-6-10-25(26)21-8-4-3-5-9-21/h3-16,19,28,33H,17-18H2,1-2H3/t28?,29-/m1/s1. The van der Waals surface area contributed by atoms with E-state index in [0.717, 1.165) is 40.1 Å². The third-order valence-electron chi connectivity index (χ3n) is 6.89. The number of halogens is 1. The van der Waals surface area contributed by atoms with Gasteiger partial charge < -0.3 is 5.11 Å². The molecule has 0 aliphatic heterocycles. The lowest BCUT2D eigenvalue weighted by atomic mass is 9.69. The van der Waals surface area contributed by atoms with Crippen LogP contribution in [-0.2, 0) is 6.42 Å². The summed E-state index contributed by atoms with van der Waals surface area (Å²) in [6.07, 6.45) is 4.86. The van der Waals surface area contributed by atoms with Crippen molar-refractivity contribution in [3.63, 3.8) is 0 Å². The zero-order valence-corrected chi connectivity index (χ0v) is 18.9. The molecule has 1 N–H and O–H groups in total. The summed E-state index contributed by atoms with van der Waals surface area (Å²) >= 11 is 0. The Labute approximate surface area is 193 Å². The second-order valence-electron chi connectivity index (χ2n) is 9.18. The van der Waals surface area contributed by atoms with Gasteiger partial charge in [-0.25, -0.2) is 9.07 Å². The van der Waals surface area contributed by atoms with Crippen molar-refractivity contribution in [3.8, 4) is 16.8 Å². The Hall–Kier alpha value is -3.50. The minimum absolute atomic E-state index is 0.202. The second-order valence-corrected chi connectivity index (χ2v) is 9.18. The Bertz CT molecular complexity index is 1310. The van der Waals surface area contributed by atoms with Crippen molar-refractivity contribution in [2.24, 2.45) is 5.41 Å². The van der Waals surface area contributed by atoms with Crippen LogP contribution in [0, 0.1) is 11.2 Å². The highest BCUT2D eigenvalue weighted by Gasteiger charge is 2.35. The molecular weight excluding hydrogens is 411 g/mol. The highest BCUT2D eigenvalue weighted by Crippen LogP contribution is 2.45. The Kier molecular flexibility index (Phi) is 5.47. The zero-order chi connectivity index (χ0) is 23.0. The highest BCUT2D eigenvalue weighted by atomic mass is 19.1. The summed E-state index contributed by atoms with van der Waals surface area (Å²) in [4.78, 5) is 0. The SMILES string of the molecule is CC1=Cc2c(cnn2-c2ccc(F)cc2)C[C@]1(C)CC(O)c1ccccc1-c1ccccc1. The molecule has 1 aliphatic rings. The number of aliphatic hydroxyl groups excluding tert-OH is 1. The molecule has 0 radical (unpaired) electrons. The summed E-state index contributed by atoms with van der Waals surface area (Å²) in [7, 11) is 0. The Balaban J connectivity index is 1.44. The molecule has 0 saturated carbocycles. The monoisotopic (exact) mass is 438 g/mol. The van der Waals surface area contributed by atoms with Gasteiger partial charge in [-0.1, -0.05) is 67.1 Å². The molecule has 1 heterocycles. The number of allylic oxidation sites excluding steroid dienone is 1. The van der Waals surface area contributed by atoms with E-state index in [4.69, 9.17) is 0 Å². The Morgan fingerprint density at radius 3 is 2.45 bits per heavy atom. The smallest absolute Gasteiger partial charge is 0.123 e. The first-order valence-electron chi connectivity index (χ1n) is 11.3. The lowest BCUT2D eigenvalue weighted by Crippen LogP contribution is -2.27. The zero-order valence-electron chi connectivity index (χ0n) is 18.9. The third kappa shape index (κ3) is 4.03. The van der Waals surface area contributed by atoms with E-state index in [-0.39, 0.29) is 11.2 Å². The van der Waals surface area contributed by atoms with Gasteiger partial charge in [0, 0.05) is 0 Å². The molecule has 3 aromatic carbocycles. The number of rotatable bonds is 5. The molecule has 0 amide bonds. The van der Waals surface area contributed by atoms with Gasteiger partial charge in [0.25, 0.3) is 0 Å². The normalized spacial score (nSPS) is 18.5. The fourth-order valence-electron chi connectivity index (χ4n) is 4.85. The van der Waals surface area contributed by atoms with Crippen LogP contribution in [0.25, 0.3) is 22.9 Å². The van der Waals surface area contributed by atoms with E-state index in [9.17, 15) is 9.50 Å². The number of aromatic nitrogens is 2. The van der Waals surface area contributed by atoms with Gasteiger partial charge in [-0.3, -0.25) is 0 Å². The van der Waals surface area contributed by atoms with Crippen LogP contribution in [0.5, 0.6) is 0 Å². The predicted molar refractivity (Wildman–Crippen MR) is 130 cm³/mol. The molecule has 1 aliphatic carbocycles.